The molecule has 0 aliphatic carbocycles. The summed E-state index contributed by atoms with van der Waals surface area (Å²) in [5.41, 5.74) is 3.39. The zero-order valence-electron chi connectivity index (χ0n) is 11.3. The van der Waals surface area contributed by atoms with Crippen molar-refractivity contribution in [3.63, 3.8) is 0 Å². The van der Waals surface area contributed by atoms with Crippen molar-refractivity contribution in [1.29, 1.82) is 5.26 Å². The van der Waals surface area contributed by atoms with E-state index >= 15 is 0 Å². The van der Waals surface area contributed by atoms with Crippen LogP contribution in [0.5, 0.6) is 0 Å². The predicted molar refractivity (Wildman–Crippen MR) is 86.9 cm³/mol. The Labute approximate surface area is 135 Å². The van der Waals surface area contributed by atoms with E-state index in [9.17, 15) is 4.79 Å². The molecule has 0 aliphatic heterocycles. The van der Waals surface area contributed by atoms with Crippen LogP contribution in [0.3, 0.4) is 0 Å². The number of benzene rings is 2. The number of carbonyl (C=O) groups excluding carboxylic acids is 1. The first-order chi connectivity index (χ1) is 10.2. The summed E-state index contributed by atoms with van der Waals surface area (Å²) in [6, 6.07) is 14.9. The van der Waals surface area contributed by atoms with Gasteiger partial charge in [0.1, 0.15) is 0 Å². The second kappa shape index (κ2) is 7.24. The fourth-order valence-corrected chi connectivity index (χ4v) is 3.33. The molecule has 0 bridgehead atoms. The number of aldehydes is 1. The average Bonchev–Trinajstić information content (AvgIpc) is 2.50. The van der Waals surface area contributed by atoms with Gasteiger partial charge in [0.2, 0.25) is 0 Å². The molecule has 4 heteroatoms. The van der Waals surface area contributed by atoms with E-state index < -0.39 is 15.0 Å². The predicted octanol–water partition coefficient (Wildman–Crippen LogP) is 3.90. The Bertz CT molecular complexity index is 712. The molecule has 0 radical (unpaired) electrons. The van der Waals surface area contributed by atoms with Gasteiger partial charge in [0.05, 0.1) is 0 Å². The summed E-state index contributed by atoms with van der Waals surface area (Å²) in [5.74, 6) is 0. The Kier molecular flexibility index (Phi) is 5.36. The standard InChI is InChI=1S/C17H12ClNOSe/c1-12-2-4-14(5-3-12)17(21-11-19)16(10-20)13-6-8-15(18)9-7-13/h2-10H,1H3/b17-16+. The Morgan fingerprint density at radius 2 is 1.67 bits per heavy atom. The van der Waals surface area contributed by atoms with Crippen molar-refractivity contribution in [3.05, 3.63) is 70.2 Å². The zero-order chi connectivity index (χ0) is 15.2. The van der Waals surface area contributed by atoms with Gasteiger partial charge in [-0.3, -0.25) is 0 Å². The maximum absolute atomic E-state index is 11.6. The number of hydrogen-bond acceptors (Lipinski definition) is 2. The summed E-state index contributed by atoms with van der Waals surface area (Å²) in [6.45, 7) is 2.00. The first-order valence-corrected chi connectivity index (χ1v) is 8.33. The molecule has 0 saturated carbocycles. The second-order valence-electron chi connectivity index (χ2n) is 4.43. The van der Waals surface area contributed by atoms with E-state index in [2.05, 4.69) is 4.97 Å². The number of aryl methyl sites for hydroxylation is 1. The molecule has 2 nitrogen and oxygen atoms in total. The Morgan fingerprint density at radius 1 is 1.10 bits per heavy atom. The van der Waals surface area contributed by atoms with Crippen molar-refractivity contribution in [3.8, 4) is 4.97 Å². The molecule has 0 amide bonds. The van der Waals surface area contributed by atoms with Crippen LogP contribution in [0.1, 0.15) is 16.7 Å². The summed E-state index contributed by atoms with van der Waals surface area (Å²) in [4.78, 5) is 13.8. The number of carbonyl (C=O) groups is 1. The van der Waals surface area contributed by atoms with Crippen molar-refractivity contribution in [1.82, 2.24) is 0 Å². The monoisotopic (exact) mass is 361 g/mol. The van der Waals surface area contributed by atoms with E-state index in [1.54, 1.807) is 24.3 Å². The summed E-state index contributed by atoms with van der Waals surface area (Å²) < 4.78 is 0.794. The summed E-state index contributed by atoms with van der Waals surface area (Å²) in [6.07, 6.45) is 0.817. The first-order valence-electron chi connectivity index (χ1n) is 6.24. The molecular formula is C17H12ClNOSe. The van der Waals surface area contributed by atoms with Gasteiger partial charge in [-0.25, -0.2) is 0 Å². The Hall–Kier alpha value is -1.85. The Morgan fingerprint density at radius 3 is 2.19 bits per heavy atom. The van der Waals surface area contributed by atoms with E-state index in [-0.39, 0.29) is 0 Å². The number of allylic oxidation sites excluding steroid dienone is 1. The average molecular weight is 361 g/mol. The number of hydrogen-bond donors (Lipinski definition) is 0. The molecule has 0 saturated heterocycles. The number of nitriles is 1. The quantitative estimate of drug-likeness (QED) is 0.359. The van der Waals surface area contributed by atoms with E-state index in [0.717, 1.165) is 27.4 Å². The van der Waals surface area contributed by atoms with E-state index in [1.165, 1.54) is 0 Å². The molecular weight excluding hydrogens is 349 g/mol. The minimum absolute atomic E-state index is 0.425. The minimum atomic E-state index is -0.425. The van der Waals surface area contributed by atoms with Crippen molar-refractivity contribution in [2.24, 2.45) is 0 Å². The molecule has 21 heavy (non-hydrogen) atoms. The molecule has 0 N–H and O–H groups in total. The van der Waals surface area contributed by atoms with Crippen LogP contribution in [0.15, 0.2) is 48.5 Å². The van der Waals surface area contributed by atoms with Crippen LogP contribution in [0.2, 0.25) is 5.02 Å². The van der Waals surface area contributed by atoms with Crippen molar-refractivity contribution in [2.75, 3.05) is 0 Å². The van der Waals surface area contributed by atoms with Gasteiger partial charge in [-0.2, -0.15) is 0 Å². The third-order valence-corrected chi connectivity index (χ3v) is 4.81. The molecule has 0 fully saturated rings. The summed E-state index contributed by atoms with van der Waals surface area (Å²) >= 11 is 5.46. The van der Waals surface area contributed by atoms with Crippen LogP contribution in [-0.4, -0.2) is 21.2 Å². The molecule has 2 aromatic carbocycles. The molecule has 2 rings (SSSR count). The van der Waals surface area contributed by atoms with Crippen LogP contribution >= 0.6 is 11.6 Å². The van der Waals surface area contributed by atoms with Crippen molar-refractivity contribution < 1.29 is 4.79 Å². The van der Waals surface area contributed by atoms with Gasteiger partial charge in [0, 0.05) is 0 Å². The van der Waals surface area contributed by atoms with Crippen LogP contribution in [0.25, 0.3) is 10.0 Å². The maximum atomic E-state index is 11.6. The third kappa shape index (κ3) is 3.83. The fraction of sp³-hybridized carbons (Fsp3) is 0.0588. The van der Waals surface area contributed by atoms with Gasteiger partial charge >= 0.3 is 135 Å². The topological polar surface area (TPSA) is 40.9 Å². The molecule has 0 aromatic heterocycles. The van der Waals surface area contributed by atoms with E-state index in [1.807, 2.05) is 31.2 Å². The second-order valence-corrected chi connectivity index (χ2v) is 6.53. The summed E-state index contributed by atoms with van der Waals surface area (Å²) in [5, 5.41) is 9.71. The van der Waals surface area contributed by atoms with Crippen LogP contribution in [0.4, 0.5) is 0 Å². The van der Waals surface area contributed by atoms with Crippen LogP contribution < -0.4 is 0 Å². The Balaban J connectivity index is 2.59. The van der Waals surface area contributed by atoms with Gasteiger partial charge in [0.15, 0.2) is 0 Å². The number of nitrogens with zero attached hydrogens (tertiary/aromatic N) is 1. The SMILES string of the molecule is Cc1ccc(/C([Se]C#N)=C(/C=O)c2ccc(Cl)cc2)cc1. The van der Waals surface area contributed by atoms with Gasteiger partial charge in [-0.05, 0) is 0 Å². The van der Waals surface area contributed by atoms with E-state index in [4.69, 9.17) is 16.9 Å². The molecule has 0 atom stereocenters. The molecule has 0 aliphatic rings. The third-order valence-electron chi connectivity index (χ3n) is 2.98. The normalized spacial score (nSPS) is 11.5. The van der Waals surface area contributed by atoms with Crippen LogP contribution in [-0.2, 0) is 4.79 Å². The first kappa shape index (κ1) is 15.5. The van der Waals surface area contributed by atoms with Crippen molar-refractivity contribution in [2.45, 2.75) is 6.92 Å². The van der Waals surface area contributed by atoms with Crippen LogP contribution in [0, 0.1) is 17.2 Å². The molecule has 2 aromatic rings. The number of halogens is 1. The molecule has 104 valence electrons. The summed E-state index contributed by atoms with van der Waals surface area (Å²) in [7, 11) is 0. The van der Waals surface area contributed by atoms with Gasteiger partial charge in [-0.1, -0.05) is 0 Å². The van der Waals surface area contributed by atoms with Crippen molar-refractivity contribution >= 4 is 42.9 Å². The fourth-order valence-electron chi connectivity index (χ4n) is 1.90. The van der Waals surface area contributed by atoms with Gasteiger partial charge < -0.3 is 0 Å². The van der Waals surface area contributed by atoms with Gasteiger partial charge in [0.25, 0.3) is 0 Å². The van der Waals surface area contributed by atoms with Gasteiger partial charge in [-0.15, -0.1) is 0 Å². The van der Waals surface area contributed by atoms with E-state index in [0.29, 0.717) is 10.6 Å². The molecule has 0 unspecified atom stereocenters. The molecule has 0 heterocycles. The molecule has 0 spiro atoms. The number of rotatable bonds is 4. The zero-order valence-corrected chi connectivity index (χ0v) is 13.8.